The van der Waals surface area contributed by atoms with Gasteiger partial charge in [0.2, 0.25) is 0 Å². The van der Waals surface area contributed by atoms with Gasteiger partial charge in [0.15, 0.2) is 0 Å². The smallest absolute Gasteiger partial charge is 0.416 e. The van der Waals surface area contributed by atoms with E-state index in [0.717, 1.165) is 24.3 Å². The molecule has 2 aromatic carbocycles. The number of nitrogens with zero attached hydrogens (tertiary/aromatic N) is 1. The predicted molar refractivity (Wildman–Crippen MR) is 115 cm³/mol. The molecule has 9 heteroatoms. The fraction of sp³-hybridized carbons (Fsp3) is 0.400. The summed E-state index contributed by atoms with van der Waals surface area (Å²) in [7, 11) is 0. The SMILES string of the molecule is C=CC[C@H](c1ccc(C(F)(F)F)cc1)N1CC[C@H](CC(=O)O)C[C@H]1c1ccc(C(F)(F)F)cc1. The monoisotopic (exact) mass is 485 g/mol. The molecule has 1 heterocycles. The van der Waals surface area contributed by atoms with Gasteiger partial charge in [-0.05, 0) is 67.1 Å². The van der Waals surface area contributed by atoms with Crippen LogP contribution in [0.25, 0.3) is 0 Å². The zero-order valence-corrected chi connectivity index (χ0v) is 18.2. The quantitative estimate of drug-likeness (QED) is 0.331. The first-order valence-corrected chi connectivity index (χ1v) is 10.8. The van der Waals surface area contributed by atoms with Gasteiger partial charge in [0, 0.05) is 18.5 Å². The predicted octanol–water partition coefficient (Wildman–Crippen LogP) is 7.27. The summed E-state index contributed by atoms with van der Waals surface area (Å²) in [4.78, 5) is 13.3. The van der Waals surface area contributed by atoms with E-state index in [1.54, 1.807) is 6.08 Å². The average Bonchev–Trinajstić information content (AvgIpc) is 2.76. The van der Waals surface area contributed by atoms with Gasteiger partial charge in [0.05, 0.1) is 11.1 Å². The van der Waals surface area contributed by atoms with Gasteiger partial charge in [-0.1, -0.05) is 30.3 Å². The van der Waals surface area contributed by atoms with Crippen LogP contribution in [0.3, 0.4) is 0 Å². The molecule has 0 aliphatic carbocycles. The lowest BCUT2D eigenvalue weighted by Gasteiger charge is -2.44. The Morgan fingerprint density at radius 3 is 2.00 bits per heavy atom. The standard InChI is InChI=1S/C25H25F6NO2/c1-2-3-21(17-4-8-19(9-5-17)24(26,27)28)32-13-12-16(15-23(33)34)14-22(32)18-6-10-20(11-7-18)25(29,30)31/h2,4-11,16,21-22H,1,3,12-15H2,(H,33,34)/t16-,21+,22-/m0/s1. The maximum absolute atomic E-state index is 13.0. The van der Waals surface area contributed by atoms with Gasteiger partial charge in [-0.25, -0.2) is 0 Å². The molecule has 1 aliphatic heterocycles. The van der Waals surface area contributed by atoms with E-state index in [0.29, 0.717) is 36.9 Å². The van der Waals surface area contributed by atoms with Crippen molar-refractivity contribution in [3.63, 3.8) is 0 Å². The van der Waals surface area contributed by atoms with Gasteiger partial charge < -0.3 is 5.11 Å². The number of hydrogen-bond acceptors (Lipinski definition) is 2. The molecule has 3 rings (SSSR count). The van der Waals surface area contributed by atoms with Crippen LogP contribution < -0.4 is 0 Å². The van der Waals surface area contributed by atoms with Crippen molar-refractivity contribution in [1.29, 1.82) is 0 Å². The van der Waals surface area contributed by atoms with Crippen molar-refractivity contribution < 1.29 is 36.2 Å². The second-order valence-corrected chi connectivity index (χ2v) is 8.52. The Morgan fingerprint density at radius 1 is 1.00 bits per heavy atom. The van der Waals surface area contributed by atoms with Crippen molar-refractivity contribution in [3.8, 4) is 0 Å². The molecule has 3 atom stereocenters. The Morgan fingerprint density at radius 2 is 1.53 bits per heavy atom. The van der Waals surface area contributed by atoms with Gasteiger partial charge in [0.25, 0.3) is 0 Å². The minimum atomic E-state index is -4.48. The van der Waals surface area contributed by atoms with Crippen LogP contribution in [0.5, 0.6) is 0 Å². The fourth-order valence-electron chi connectivity index (χ4n) is 4.60. The number of rotatable bonds is 7. The maximum atomic E-state index is 13.0. The third-order valence-corrected chi connectivity index (χ3v) is 6.25. The number of carbonyl (C=O) groups is 1. The van der Waals surface area contributed by atoms with E-state index in [4.69, 9.17) is 0 Å². The van der Waals surface area contributed by atoms with Gasteiger partial charge in [0.1, 0.15) is 0 Å². The number of hydrogen-bond donors (Lipinski definition) is 1. The molecule has 0 saturated carbocycles. The highest BCUT2D eigenvalue weighted by Crippen LogP contribution is 2.43. The molecule has 2 aromatic rings. The number of likely N-dealkylation sites (tertiary alicyclic amines) is 1. The normalized spacial score (nSPS) is 20.6. The number of halogens is 6. The lowest BCUT2D eigenvalue weighted by Crippen LogP contribution is -2.40. The summed E-state index contributed by atoms with van der Waals surface area (Å²) in [6, 6.07) is 8.84. The Labute approximate surface area is 193 Å². The molecule has 1 saturated heterocycles. The number of carboxylic acid groups (broad SMARTS) is 1. The summed E-state index contributed by atoms with van der Waals surface area (Å²) in [5, 5.41) is 9.23. The Bertz CT molecular complexity index is 982. The number of benzene rings is 2. The molecule has 34 heavy (non-hydrogen) atoms. The second kappa shape index (κ2) is 10.2. The molecular formula is C25H25F6NO2. The minimum absolute atomic E-state index is 0.0582. The molecule has 0 unspecified atom stereocenters. The van der Waals surface area contributed by atoms with Crippen molar-refractivity contribution in [1.82, 2.24) is 4.90 Å². The molecule has 1 fully saturated rings. The highest BCUT2D eigenvalue weighted by atomic mass is 19.4. The zero-order chi connectivity index (χ0) is 25.1. The van der Waals surface area contributed by atoms with E-state index >= 15 is 0 Å². The van der Waals surface area contributed by atoms with Crippen molar-refractivity contribution in [3.05, 3.63) is 83.4 Å². The number of carboxylic acids is 1. The van der Waals surface area contributed by atoms with Crippen molar-refractivity contribution in [2.45, 2.75) is 50.1 Å². The van der Waals surface area contributed by atoms with Crippen molar-refractivity contribution in [2.24, 2.45) is 5.92 Å². The largest absolute Gasteiger partial charge is 0.481 e. The van der Waals surface area contributed by atoms with Crippen LogP contribution in [0.1, 0.15) is 60.0 Å². The van der Waals surface area contributed by atoms with E-state index in [1.807, 2.05) is 4.90 Å². The van der Waals surface area contributed by atoms with E-state index in [9.17, 15) is 36.2 Å². The van der Waals surface area contributed by atoms with Gasteiger partial charge in [-0.3, -0.25) is 9.69 Å². The van der Waals surface area contributed by atoms with Crippen LogP contribution in [0.2, 0.25) is 0 Å². The van der Waals surface area contributed by atoms with Crippen LogP contribution in [0.15, 0.2) is 61.2 Å². The third-order valence-electron chi connectivity index (χ3n) is 6.25. The summed E-state index contributed by atoms with van der Waals surface area (Å²) in [5.41, 5.74) is -0.329. The van der Waals surface area contributed by atoms with Gasteiger partial charge >= 0.3 is 18.3 Å². The number of piperidine rings is 1. The second-order valence-electron chi connectivity index (χ2n) is 8.52. The zero-order valence-electron chi connectivity index (χ0n) is 18.2. The molecular weight excluding hydrogens is 460 g/mol. The molecule has 0 spiro atoms. The summed E-state index contributed by atoms with van der Waals surface area (Å²) >= 11 is 0. The Kier molecular flexibility index (Phi) is 7.75. The van der Waals surface area contributed by atoms with Crippen molar-refractivity contribution in [2.75, 3.05) is 6.54 Å². The first-order valence-electron chi connectivity index (χ1n) is 10.8. The number of alkyl halides is 6. The molecule has 3 nitrogen and oxygen atoms in total. The molecule has 0 aromatic heterocycles. The summed E-state index contributed by atoms with van der Waals surface area (Å²) in [6.07, 6.45) is -5.99. The maximum Gasteiger partial charge on any atom is 0.416 e. The van der Waals surface area contributed by atoms with Crippen LogP contribution >= 0.6 is 0 Å². The molecule has 1 N–H and O–H groups in total. The van der Waals surface area contributed by atoms with Crippen molar-refractivity contribution >= 4 is 5.97 Å². The Hall–Kier alpha value is -2.81. The molecule has 0 radical (unpaired) electrons. The molecule has 184 valence electrons. The summed E-state index contributed by atoms with van der Waals surface area (Å²) in [6.45, 7) is 4.21. The lowest BCUT2D eigenvalue weighted by atomic mass is 9.83. The third kappa shape index (κ3) is 6.20. The average molecular weight is 485 g/mol. The summed E-state index contributed by atoms with van der Waals surface area (Å²) < 4.78 is 78.2. The van der Waals surface area contributed by atoms with E-state index < -0.39 is 35.5 Å². The minimum Gasteiger partial charge on any atom is -0.481 e. The van der Waals surface area contributed by atoms with Gasteiger partial charge in [-0.2, -0.15) is 26.3 Å². The van der Waals surface area contributed by atoms with Crippen LogP contribution in [0, 0.1) is 5.92 Å². The summed E-state index contributed by atoms with van der Waals surface area (Å²) in [5.74, 6) is -1.12. The van der Waals surface area contributed by atoms with E-state index in [2.05, 4.69) is 6.58 Å². The first-order chi connectivity index (χ1) is 15.9. The number of aliphatic carboxylic acids is 1. The molecule has 0 bridgehead atoms. The van der Waals surface area contributed by atoms with Crippen LogP contribution in [-0.2, 0) is 17.1 Å². The first kappa shape index (κ1) is 25.8. The highest BCUT2D eigenvalue weighted by Gasteiger charge is 2.37. The topological polar surface area (TPSA) is 40.5 Å². The highest BCUT2D eigenvalue weighted by molar-refractivity contribution is 5.67. The fourth-order valence-corrected chi connectivity index (χ4v) is 4.60. The van der Waals surface area contributed by atoms with Gasteiger partial charge in [-0.15, -0.1) is 6.58 Å². The molecule has 0 amide bonds. The lowest BCUT2D eigenvalue weighted by molar-refractivity contribution is -0.139. The van der Waals surface area contributed by atoms with Crippen LogP contribution in [0.4, 0.5) is 26.3 Å². The Balaban J connectivity index is 1.97. The van der Waals surface area contributed by atoms with Crippen LogP contribution in [-0.4, -0.2) is 22.5 Å². The van der Waals surface area contributed by atoms with E-state index in [1.165, 1.54) is 24.3 Å². The van der Waals surface area contributed by atoms with E-state index in [-0.39, 0.29) is 18.4 Å². The molecule has 1 aliphatic rings.